The molecule has 0 saturated heterocycles. The Morgan fingerprint density at radius 3 is 2.15 bits per heavy atom. The first-order valence-electron chi connectivity index (χ1n) is 10.7. The number of ether oxygens (including phenoxy) is 2. The first-order chi connectivity index (χ1) is 15.9. The Morgan fingerprint density at radius 1 is 0.788 bits per heavy atom. The van der Waals surface area contributed by atoms with Crippen molar-refractivity contribution >= 4 is 5.97 Å². The molecule has 0 aromatic heterocycles. The van der Waals surface area contributed by atoms with E-state index < -0.39 is 34.8 Å². The van der Waals surface area contributed by atoms with Gasteiger partial charge >= 0.3 is 5.97 Å². The van der Waals surface area contributed by atoms with Gasteiger partial charge in [0.25, 0.3) is 0 Å². The highest BCUT2D eigenvalue weighted by molar-refractivity contribution is 5.91. The van der Waals surface area contributed by atoms with Crippen molar-refractivity contribution in [3.05, 3.63) is 82.9 Å². The van der Waals surface area contributed by atoms with Gasteiger partial charge in [-0.1, -0.05) is 37.5 Å². The Labute approximate surface area is 189 Å². The van der Waals surface area contributed by atoms with E-state index in [1.54, 1.807) is 0 Å². The number of hydrogen-bond acceptors (Lipinski definition) is 3. The number of methoxy groups -OCH3 is 1. The maximum atomic E-state index is 14.7. The Hall–Kier alpha value is -3.35. The van der Waals surface area contributed by atoms with Gasteiger partial charge in [0.15, 0.2) is 23.2 Å². The minimum atomic E-state index is -1.23. The quantitative estimate of drug-likeness (QED) is 0.231. The normalized spacial score (nSPS) is 14.2. The van der Waals surface area contributed by atoms with E-state index >= 15 is 0 Å². The molecule has 1 fully saturated rings. The van der Waals surface area contributed by atoms with Gasteiger partial charge in [-0.05, 0) is 60.2 Å². The second kappa shape index (κ2) is 9.65. The summed E-state index contributed by atoms with van der Waals surface area (Å²) >= 11 is 0. The van der Waals surface area contributed by atoms with Gasteiger partial charge in [0.2, 0.25) is 5.82 Å². The second-order valence-corrected chi connectivity index (χ2v) is 8.02. The van der Waals surface area contributed by atoms with Crippen molar-refractivity contribution in [2.24, 2.45) is 0 Å². The molecular weight excluding hydrogens is 436 g/mol. The Morgan fingerprint density at radius 2 is 1.48 bits per heavy atom. The third kappa shape index (κ3) is 4.58. The molecule has 0 spiro atoms. The van der Waals surface area contributed by atoms with Gasteiger partial charge in [-0.15, -0.1) is 0 Å². The lowest BCUT2D eigenvalue weighted by molar-refractivity contribution is 0.0728. The third-order valence-electron chi connectivity index (χ3n) is 6.02. The lowest BCUT2D eigenvalue weighted by Gasteiger charge is -2.22. The number of carbonyl (C=O) groups excluding carboxylic acids is 1. The molecule has 0 atom stereocenters. The van der Waals surface area contributed by atoms with Crippen LogP contribution < -0.4 is 9.47 Å². The van der Waals surface area contributed by atoms with Gasteiger partial charge in [0.1, 0.15) is 5.75 Å². The van der Waals surface area contributed by atoms with Crippen LogP contribution in [-0.4, -0.2) is 13.1 Å². The predicted octanol–water partition coefficient (Wildman–Crippen LogP) is 7.19. The van der Waals surface area contributed by atoms with E-state index in [9.17, 15) is 22.4 Å². The molecule has 0 unspecified atom stereocenters. The smallest absolute Gasteiger partial charge is 0.346 e. The average Bonchev–Trinajstić information content (AvgIpc) is 2.83. The summed E-state index contributed by atoms with van der Waals surface area (Å²) in [4.78, 5) is 12.4. The average molecular weight is 458 g/mol. The van der Waals surface area contributed by atoms with Crippen molar-refractivity contribution in [2.45, 2.75) is 38.0 Å². The highest BCUT2D eigenvalue weighted by Crippen LogP contribution is 2.35. The molecule has 33 heavy (non-hydrogen) atoms. The van der Waals surface area contributed by atoms with Crippen LogP contribution in [0.2, 0.25) is 0 Å². The summed E-state index contributed by atoms with van der Waals surface area (Å²) in [6, 6.07) is 10.9. The fourth-order valence-electron chi connectivity index (χ4n) is 4.23. The SMILES string of the molecule is COc1ccc(-c2ccc(OC(=O)c3ccc(C4CCCCC4)c(F)c3F)cc2)c(F)c1F. The maximum Gasteiger partial charge on any atom is 0.346 e. The molecule has 172 valence electrons. The van der Waals surface area contributed by atoms with Gasteiger partial charge in [0, 0.05) is 5.56 Å². The van der Waals surface area contributed by atoms with Crippen LogP contribution in [0.5, 0.6) is 11.5 Å². The maximum absolute atomic E-state index is 14.7. The molecule has 1 aliphatic rings. The van der Waals surface area contributed by atoms with Crippen LogP contribution >= 0.6 is 0 Å². The van der Waals surface area contributed by atoms with Crippen LogP contribution in [-0.2, 0) is 0 Å². The van der Waals surface area contributed by atoms with Gasteiger partial charge in [-0.3, -0.25) is 0 Å². The zero-order valence-electron chi connectivity index (χ0n) is 18.0. The summed E-state index contributed by atoms with van der Waals surface area (Å²) in [5.41, 5.74) is 0.127. The van der Waals surface area contributed by atoms with Crippen molar-refractivity contribution in [3.8, 4) is 22.6 Å². The Balaban J connectivity index is 1.51. The summed E-state index contributed by atoms with van der Waals surface area (Å²) in [7, 11) is 1.24. The molecule has 1 aliphatic carbocycles. The molecule has 1 saturated carbocycles. The summed E-state index contributed by atoms with van der Waals surface area (Å²) in [5.74, 6) is -5.68. The van der Waals surface area contributed by atoms with Crippen LogP contribution in [0.3, 0.4) is 0 Å². The van der Waals surface area contributed by atoms with E-state index in [0.29, 0.717) is 11.1 Å². The summed E-state index contributed by atoms with van der Waals surface area (Å²) in [5, 5.41) is 0. The summed E-state index contributed by atoms with van der Waals surface area (Å²) in [6.45, 7) is 0. The molecule has 0 aliphatic heterocycles. The molecule has 0 N–H and O–H groups in total. The van der Waals surface area contributed by atoms with Gasteiger partial charge in [0.05, 0.1) is 12.7 Å². The number of carbonyl (C=O) groups is 1. The van der Waals surface area contributed by atoms with Crippen molar-refractivity contribution in [1.29, 1.82) is 0 Å². The zero-order valence-corrected chi connectivity index (χ0v) is 18.0. The summed E-state index contributed by atoms with van der Waals surface area (Å²) < 4.78 is 67.5. The van der Waals surface area contributed by atoms with E-state index in [0.717, 1.165) is 32.1 Å². The molecule has 0 radical (unpaired) electrons. The molecular formula is C26H22F4O3. The van der Waals surface area contributed by atoms with Crippen molar-refractivity contribution in [3.63, 3.8) is 0 Å². The Kier molecular flexibility index (Phi) is 6.67. The minimum Gasteiger partial charge on any atom is -0.494 e. The van der Waals surface area contributed by atoms with E-state index in [2.05, 4.69) is 0 Å². The highest BCUT2D eigenvalue weighted by atomic mass is 19.2. The fraction of sp³-hybridized carbons (Fsp3) is 0.269. The molecule has 7 heteroatoms. The van der Waals surface area contributed by atoms with E-state index in [1.807, 2.05) is 0 Å². The lowest BCUT2D eigenvalue weighted by Crippen LogP contribution is -2.14. The third-order valence-corrected chi connectivity index (χ3v) is 6.02. The van der Waals surface area contributed by atoms with Gasteiger partial charge in [-0.25, -0.2) is 18.0 Å². The minimum absolute atomic E-state index is 0.00223. The van der Waals surface area contributed by atoms with E-state index in [-0.39, 0.29) is 23.0 Å². The number of halogens is 4. The number of hydrogen-bond donors (Lipinski definition) is 0. The molecule has 0 amide bonds. The van der Waals surface area contributed by atoms with Gasteiger partial charge in [-0.2, -0.15) is 4.39 Å². The number of benzene rings is 3. The van der Waals surface area contributed by atoms with Crippen molar-refractivity contribution < 1.29 is 31.8 Å². The molecule has 3 aromatic carbocycles. The van der Waals surface area contributed by atoms with Crippen LogP contribution in [0.1, 0.15) is 53.9 Å². The lowest BCUT2D eigenvalue weighted by atomic mass is 9.83. The standard InChI is InChI=1S/C26H22F4O3/c1-32-21-14-13-19(23(28)25(21)30)16-7-9-17(10-8-16)33-26(31)20-12-11-18(22(27)24(20)29)15-5-3-2-4-6-15/h7-15H,2-6H2,1H3. The molecule has 0 heterocycles. The summed E-state index contributed by atoms with van der Waals surface area (Å²) in [6.07, 6.45) is 4.62. The highest BCUT2D eigenvalue weighted by Gasteiger charge is 2.25. The van der Waals surface area contributed by atoms with E-state index in [4.69, 9.17) is 9.47 Å². The Bertz CT molecular complexity index is 1170. The molecule has 3 nitrogen and oxygen atoms in total. The van der Waals surface area contributed by atoms with E-state index in [1.165, 1.54) is 55.6 Å². The second-order valence-electron chi connectivity index (χ2n) is 8.02. The topological polar surface area (TPSA) is 35.5 Å². The van der Waals surface area contributed by atoms with Crippen LogP contribution in [0.4, 0.5) is 17.6 Å². The van der Waals surface area contributed by atoms with Crippen molar-refractivity contribution in [1.82, 2.24) is 0 Å². The molecule has 3 aromatic rings. The van der Waals surface area contributed by atoms with Crippen molar-refractivity contribution in [2.75, 3.05) is 7.11 Å². The van der Waals surface area contributed by atoms with Crippen LogP contribution in [0.25, 0.3) is 11.1 Å². The fourth-order valence-corrected chi connectivity index (χ4v) is 4.23. The first-order valence-corrected chi connectivity index (χ1v) is 10.7. The molecule has 0 bridgehead atoms. The zero-order chi connectivity index (χ0) is 23.5. The van der Waals surface area contributed by atoms with Gasteiger partial charge < -0.3 is 9.47 Å². The first kappa shape index (κ1) is 22.8. The largest absolute Gasteiger partial charge is 0.494 e. The number of rotatable bonds is 5. The van der Waals surface area contributed by atoms with Crippen LogP contribution in [0.15, 0.2) is 48.5 Å². The number of esters is 1. The van der Waals surface area contributed by atoms with Crippen LogP contribution in [0, 0.1) is 23.3 Å². The predicted molar refractivity (Wildman–Crippen MR) is 115 cm³/mol. The monoisotopic (exact) mass is 458 g/mol. The molecule has 4 rings (SSSR count).